The van der Waals surface area contributed by atoms with Gasteiger partial charge in [-0.1, -0.05) is 54.6 Å². The van der Waals surface area contributed by atoms with Gasteiger partial charge in [0.15, 0.2) is 0 Å². The molecule has 24 heavy (non-hydrogen) atoms. The predicted molar refractivity (Wildman–Crippen MR) is 97.7 cm³/mol. The number of aromatic nitrogens is 1. The first-order valence-electron chi connectivity index (χ1n) is 7.79. The molecule has 4 rings (SSSR count). The molecule has 3 aromatic carbocycles. The van der Waals surface area contributed by atoms with Crippen LogP contribution in [0.5, 0.6) is 0 Å². The number of rotatable bonds is 3. The summed E-state index contributed by atoms with van der Waals surface area (Å²) in [7, 11) is 0. The average molecular weight is 312 g/mol. The van der Waals surface area contributed by atoms with Crippen LogP contribution in [0.1, 0.15) is 10.4 Å². The maximum atomic E-state index is 11.7. The van der Waals surface area contributed by atoms with Crippen LogP contribution < -0.4 is 5.73 Å². The normalized spacial score (nSPS) is 10.8. The summed E-state index contributed by atoms with van der Waals surface area (Å²) in [4.78, 5) is 14.8. The Balaban J connectivity index is 1.79. The van der Waals surface area contributed by atoms with Crippen LogP contribution >= 0.6 is 0 Å². The molecule has 0 saturated heterocycles. The number of primary amides is 1. The lowest BCUT2D eigenvalue weighted by Crippen LogP contribution is -2.11. The lowest BCUT2D eigenvalue weighted by Gasteiger charge is -2.07. The smallest absolute Gasteiger partial charge is 0.250 e. The van der Waals surface area contributed by atoms with E-state index in [0.717, 1.165) is 27.6 Å². The number of nitrogens with two attached hydrogens (primary N) is 1. The Morgan fingerprint density at radius 2 is 1.38 bits per heavy atom. The fourth-order valence-corrected chi connectivity index (χ4v) is 3.02. The summed E-state index contributed by atoms with van der Waals surface area (Å²) in [6.45, 7) is 0. The first kappa shape index (κ1) is 14.3. The van der Waals surface area contributed by atoms with Crippen LogP contribution in [0.2, 0.25) is 0 Å². The average Bonchev–Trinajstić information content (AvgIpc) is 3.10. The van der Waals surface area contributed by atoms with E-state index in [9.17, 15) is 4.79 Å². The number of benzene rings is 3. The summed E-state index contributed by atoms with van der Waals surface area (Å²) < 4.78 is 0. The van der Waals surface area contributed by atoms with Crippen LogP contribution in [-0.4, -0.2) is 10.9 Å². The van der Waals surface area contributed by atoms with Crippen molar-refractivity contribution in [1.29, 1.82) is 0 Å². The minimum atomic E-state index is -0.426. The summed E-state index contributed by atoms with van der Waals surface area (Å²) in [5, 5.41) is 0.980. The van der Waals surface area contributed by atoms with E-state index >= 15 is 0 Å². The molecule has 3 heteroatoms. The van der Waals surface area contributed by atoms with Gasteiger partial charge >= 0.3 is 0 Å². The minimum absolute atomic E-state index is 0.426. The summed E-state index contributed by atoms with van der Waals surface area (Å²) in [6, 6.07) is 24.4. The monoisotopic (exact) mass is 312 g/mol. The van der Waals surface area contributed by atoms with E-state index in [0.29, 0.717) is 5.56 Å². The highest BCUT2D eigenvalue weighted by molar-refractivity contribution is 6.06. The largest absolute Gasteiger partial charge is 0.366 e. The molecule has 0 fully saturated rings. The summed E-state index contributed by atoms with van der Waals surface area (Å²) in [5.74, 6) is -0.426. The van der Waals surface area contributed by atoms with E-state index < -0.39 is 5.91 Å². The van der Waals surface area contributed by atoms with Gasteiger partial charge in [0.05, 0.1) is 11.1 Å². The number of amides is 1. The van der Waals surface area contributed by atoms with E-state index in [1.54, 1.807) is 0 Å². The van der Waals surface area contributed by atoms with Crippen molar-refractivity contribution >= 4 is 16.8 Å². The highest BCUT2D eigenvalue weighted by Gasteiger charge is 2.11. The van der Waals surface area contributed by atoms with Gasteiger partial charge in [-0.05, 0) is 40.5 Å². The molecule has 0 atom stereocenters. The molecule has 1 heterocycles. The van der Waals surface area contributed by atoms with Crippen molar-refractivity contribution in [2.24, 2.45) is 5.73 Å². The second-order valence-electron chi connectivity index (χ2n) is 5.77. The third-order valence-electron chi connectivity index (χ3n) is 4.25. The lowest BCUT2D eigenvalue weighted by molar-refractivity contribution is 0.100. The molecular weight excluding hydrogens is 296 g/mol. The number of hydrogen-bond acceptors (Lipinski definition) is 1. The van der Waals surface area contributed by atoms with Crippen molar-refractivity contribution in [3.8, 4) is 22.3 Å². The minimum Gasteiger partial charge on any atom is -0.366 e. The van der Waals surface area contributed by atoms with Gasteiger partial charge in [-0.15, -0.1) is 0 Å². The fourth-order valence-electron chi connectivity index (χ4n) is 3.02. The first-order chi connectivity index (χ1) is 11.7. The first-order valence-corrected chi connectivity index (χ1v) is 7.79. The molecule has 0 aliphatic rings. The van der Waals surface area contributed by atoms with Crippen LogP contribution in [0.4, 0.5) is 0 Å². The molecule has 0 aliphatic carbocycles. The van der Waals surface area contributed by atoms with Gasteiger partial charge < -0.3 is 10.7 Å². The van der Waals surface area contributed by atoms with Crippen LogP contribution in [-0.2, 0) is 0 Å². The van der Waals surface area contributed by atoms with E-state index in [1.807, 2.05) is 36.5 Å². The summed E-state index contributed by atoms with van der Waals surface area (Å²) in [5.41, 5.74) is 11.2. The zero-order valence-electron chi connectivity index (χ0n) is 13.0. The lowest BCUT2D eigenvalue weighted by atomic mass is 9.97. The van der Waals surface area contributed by atoms with Gasteiger partial charge in [-0.2, -0.15) is 0 Å². The van der Waals surface area contributed by atoms with Crippen LogP contribution in [0.15, 0.2) is 79.0 Å². The molecular formula is C21H16N2O. The second kappa shape index (κ2) is 5.70. The number of carbonyl (C=O) groups is 1. The topological polar surface area (TPSA) is 58.9 Å². The third-order valence-corrected chi connectivity index (χ3v) is 4.25. The van der Waals surface area contributed by atoms with E-state index in [1.165, 1.54) is 5.56 Å². The van der Waals surface area contributed by atoms with Crippen molar-refractivity contribution < 1.29 is 4.79 Å². The molecule has 0 saturated carbocycles. The highest BCUT2D eigenvalue weighted by Crippen LogP contribution is 2.29. The van der Waals surface area contributed by atoms with Gasteiger partial charge in [0.2, 0.25) is 0 Å². The Labute approximate surface area is 139 Å². The van der Waals surface area contributed by atoms with Gasteiger partial charge in [0, 0.05) is 11.6 Å². The number of carbonyl (C=O) groups excluding carboxylic acids is 1. The van der Waals surface area contributed by atoms with Crippen molar-refractivity contribution in [3.63, 3.8) is 0 Å². The quantitative estimate of drug-likeness (QED) is 0.570. The van der Waals surface area contributed by atoms with Gasteiger partial charge in [0.1, 0.15) is 0 Å². The molecule has 0 spiro atoms. The Morgan fingerprint density at radius 3 is 2.04 bits per heavy atom. The van der Waals surface area contributed by atoms with Crippen LogP contribution in [0.25, 0.3) is 33.2 Å². The third kappa shape index (κ3) is 2.46. The SMILES string of the molecule is NC(=O)c1cc(-c2ccc(-c3ccccc3)cc2)cc2cc[nH]c12. The second-order valence-corrected chi connectivity index (χ2v) is 5.77. The number of nitrogens with one attached hydrogen (secondary N) is 1. The van der Waals surface area contributed by atoms with Crippen molar-refractivity contribution in [3.05, 3.63) is 84.6 Å². The molecule has 0 unspecified atom stereocenters. The molecule has 3 N–H and O–H groups in total. The molecule has 116 valence electrons. The van der Waals surface area contributed by atoms with E-state index in [2.05, 4.69) is 47.4 Å². The molecule has 0 radical (unpaired) electrons. The fraction of sp³-hybridized carbons (Fsp3) is 0. The maximum absolute atomic E-state index is 11.7. The Kier molecular flexibility index (Phi) is 3.39. The molecule has 3 nitrogen and oxygen atoms in total. The number of hydrogen-bond donors (Lipinski definition) is 2. The van der Waals surface area contributed by atoms with Crippen molar-refractivity contribution in [2.75, 3.05) is 0 Å². The Bertz CT molecular complexity index is 1010. The predicted octanol–water partition coefficient (Wildman–Crippen LogP) is 4.60. The van der Waals surface area contributed by atoms with Crippen molar-refractivity contribution in [2.45, 2.75) is 0 Å². The summed E-state index contributed by atoms with van der Waals surface area (Å²) in [6.07, 6.45) is 1.82. The van der Waals surface area contributed by atoms with E-state index in [-0.39, 0.29) is 0 Å². The molecule has 0 bridgehead atoms. The zero-order chi connectivity index (χ0) is 16.5. The van der Waals surface area contributed by atoms with Crippen LogP contribution in [0.3, 0.4) is 0 Å². The Morgan fingerprint density at radius 1 is 0.750 bits per heavy atom. The highest BCUT2D eigenvalue weighted by atomic mass is 16.1. The van der Waals surface area contributed by atoms with Gasteiger partial charge in [-0.25, -0.2) is 0 Å². The number of H-pyrrole nitrogens is 1. The Hall–Kier alpha value is -3.33. The molecule has 0 aliphatic heterocycles. The number of aromatic amines is 1. The van der Waals surface area contributed by atoms with Gasteiger partial charge in [-0.3, -0.25) is 4.79 Å². The molecule has 1 aromatic heterocycles. The maximum Gasteiger partial charge on any atom is 0.250 e. The van der Waals surface area contributed by atoms with Gasteiger partial charge in [0.25, 0.3) is 5.91 Å². The van der Waals surface area contributed by atoms with Crippen molar-refractivity contribution in [1.82, 2.24) is 4.98 Å². The van der Waals surface area contributed by atoms with Crippen LogP contribution in [0, 0.1) is 0 Å². The zero-order valence-corrected chi connectivity index (χ0v) is 13.0. The standard InChI is InChI=1S/C21H16N2O/c22-21(24)19-13-18(12-17-10-11-23-20(17)19)16-8-6-15(7-9-16)14-4-2-1-3-5-14/h1-13,23H,(H2,22,24). The van der Waals surface area contributed by atoms with E-state index in [4.69, 9.17) is 5.73 Å². The summed E-state index contributed by atoms with van der Waals surface area (Å²) >= 11 is 0. The number of fused-ring (bicyclic) bond motifs is 1. The molecule has 4 aromatic rings. The molecule has 1 amide bonds.